The molecule has 2 rings (SSSR count). The minimum Gasteiger partial charge on any atom is -0.497 e. The molecule has 0 atom stereocenters. The molecule has 0 amide bonds. The molecule has 2 aromatic rings. The Balaban J connectivity index is 2.53. The number of hydrogen-bond donors (Lipinski definition) is 2. The fourth-order valence-corrected chi connectivity index (χ4v) is 1.70. The summed E-state index contributed by atoms with van der Waals surface area (Å²) in [6.07, 6.45) is 0. The van der Waals surface area contributed by atoms with Crippen LogP contribution in [0.3, 0.4) is 0 Å². The molecule has 1 aromatic carbocycles. The maximum Gasteiger partial charge on any atom is 0.354 e. The van der Waals surface area contributed by atoms with Gasteiger partial charge in [-0.15, -0.1) is 0 Å². The summed E-state index contributed by atoms with van der Waals surface area (Å²) in [5.41, 5.74) is 0.530. The van der Waals surface area contributed by atoms with Gasteiger partial charge in [0.25, 0.3) is 0 Å². The number of pyridine rings is 1. The van der Waals surface area contributed by atoms with Gasteiger partial charge in [-0.05, 0) is 35.4 Å². The Morgan fingerprint density at radius 1 is 0.950 bits per heavy atom. The zero-order valence-electron chi connectivity index (χ0n) is 10.5. The predicted octanol–water partition coefficient (Wildman–Crippen LogP) is 2.15. The SMILES string of the molecule is COc1ccc(-c2cc(C(=O)O)nc(C(=O)O)c2)cc1. The molecule has 0 spiro atoms. The van der Waals surface area contributed by atoms with Crippen LogP contribution in [0.5, 0.6) is 5.75 Å². The largest absolute Gasteiger partial charge is 0.497 e. The molecule has 6 nitrogen and oxygen atoms in total. The Morgan fingerprint density at radius 2 is 1.45 bits per heavy atom. The van der Waals surface area contributed by atoms with Gasteiger partial charge >= 0.3 is 11.9 Å². The predicted molar refractivity (Wildman–Crippen MR) is 70.1 cm³/mol. The lowest BCUT2D eigenvalue weighted by atomic mass is 10.0. The monoisotopic (exact) mass is 273 g/mol. The lowest BCUT2D eigenvalue weighted by Crippen LogP contribution is -2.07. The van der Waals surface area contributed by atoms with E-state index in [0.717, 1.165) is 0 Å². The summed E-state index contributed by atoms with van der Waals surface area (Å²) in [6.45, 7) is 0. The Kier molecular flexibility index (Phi) is 3.65. The van der Waals surface area contributed by atoms with E-state index >= 15 is 0 Å². The number of carboxylic acids is 2. The van der Waals surface area contributed by atoms with Crippen LogP contribution >= 0.6 is 0 Å². The first-order chi connectivity index (χ1) is 9.51. The van der Waals surface area contributed by atoms with Crippen LogP contribution in [0.2, 0.25) is 0 Å². The van der Waals surface area contributed by atoms with Gasteiger partial charge < -0.3 is 14.9 Å². The molecule has 0 aliphatic rings. The van der Waals surface area contributed by atoms with Crippen molar-refractivity contribution in [2.75, 3.05) is 7.11 Å². The number of aromatic nitrogens is 1. The summed E-state index contributed by atoms with van der Waals surface area (Å²) < 4.78 is 5.03. The first-order valence-electron chi connectivity index (χ1n) is 5.64. The number of rotatable bonds is 4. The van der Waals surface area contributed by atoms with E-state index in [4.69, 9.17) is 14.9 Å². The van der Waals surface area contributed by atoms with Gasteiger partial charge in [0.15, 0.2) is 0 Å². The van der Waals surface area contributed by atoms with Gasteiger partial charge in [-0.25, -0.2) is 14.6 Å². The number of hydrogen-bond acceptors (Lipinski definition) is 4. The summed E-state index contributed by atoms with van der Waals surface area (Å²) in [5.74, 6) is -1.90. The Labute approximate surface area is 114 Å². The molecular formula is C14H11NO5. The highest BCUT2D eigenvalue weighted by Crippen LogP contribution is 2.23. The molecule has 0 saturated heterocycles. The van der Waals surface area contributed by atoms with Crippen LogP contribution in [0.15, 0.2) is 36.4 Å². The Bertz CT molecular complexity index is 632. The van der Waals surface area contributed by atoms with Gasteiger partial charge in [0.05, 0.1) is 7.11 Å². The summed E-state index contributed by atoms with van der Waals surface area (Å²) in [5, 5.41) is 17.9. The Hall–Kier alpha value is -2.89. The van der Waals surface area contributed by atoms with E-state index in [-0.39, 0.29) is 11.4 Å². The van der Waals surface area contributed by atoms with Gasteiger partial charge in [-0.1, -0.05) is 12.1 Å². The molecule has 0 aliphatic carbocycles. The highest BCUT2D eigenvalue weighted by Gasteiger charge is 2.14. The third-order valence-corrected chi connectivity index (χ3v) is 2.69. The number of aromatic carboxylic acids is 2. The molecular weight excluding hydrogens is 262 g/mol. The van der Waals surface area contributed by atoms with Crippen molar-refractivity contribution < 1.29 is 24.5 Å². The van der Waals surface area contributed by atoms with E-state index in [9.17, 15) is 9.59 Å². The second kappa shape index (κ2) is 5.40. The lowest BCUT2D eigenvalue weighted by Gasteiger charge is -2.06. The van der Waals surface area contributed by atoms with Gasteiger partial charge in [-0.2, -0.15) is 0 Å². The topological polar surface area (TPSA) is 96.7 Å². The number of methoxy groups -OCH3 is 1. The quantitative estimate of drug-likeness (QED) is 0.886. The zero-order chi connectivity index (χ0) is 14.7. The van der Waals surface area contributed by atoms with Crippen molar-refractivity contribution in [1.82, 2.24) is 4.98 Å². The molecule has 0 aliphatic heterocycles. The average molecular weight is 273 g/mol. The van der Waals surface area contributed by atoms with Crippen LogP contribution in [-0.4, -0.2) is 34.2 Å². The van der Waals surface area contributed by atoms with Crippen molar-refractivity contribution in [1.29, 1.82) is 0 Å². The van der Waals surface area contributed by atoms with Crippen LogP contribution in [0.4, 0.5) is 0 Å². The molecule has 1 aromatic heterocycles. The van der Waals surface area contributed by atoms with E-state index in [2.05, 4.69) is 4.98 Å². The number of carbonyl (C=O) groups is 2. The number of benzene rings is 1. The van der Waals surface area contributed by atoms with Crippen LogP contribution < -0.4 is 4.74 Å². The molecule has 2 N–H and O–H groups in total. The molecule has 0 saturated carbocycles. The minimum absolute atomic E-state index is 0.310. The number of ether oxygens (including phenoxy) is 1. The van der Waals surface area contributed by atoms with Crippen LogP contribution in [0.1, 0.15) is 21.0 Å². The molecule has 102 valence electrons. The third kappa shape index (κ3) is 2.74. The number of carboxylic acid groups (broad SMARTS) is 2. The second-order valence-corrected chi connectivity index (χ2v) is 3.97. The van der Waals surface area contributed by atoms with Gasteiger partial charge in [0.2, 0.25) is 0 Å². The van der Waals surface area contributed by atoms with E-state index < -0.39 is 11.9 Å². The smallest absolute Gasteiger partial charge is 0.354 e. The van der Waals surface area contributed by atoms with Gasteiger partial charge in [0, 0.05) is 0 Å². The average Bonchev–Trinajstić information content (AvgIpc) is 2.46. The van der Waals surface area contributed by atoms with Gasteiger partial charge in [0.1, 0.15) is 17.1 Å². The lowest BCUT2D eigenvalue weighted by molar-refractivity contribution is 0.0685. The molecule has 0 bridgehead atoms. The van der Waals surface area contributed by atoms with Crippen molar-refractivity contribution in [3.05, 3.63) is 47.8 Å². The van der Waals surface area contributed by atoms with Crippen molar-refractivity contribution in [3.8, 4) is 16.9 Å². The molecule has 20 heavy (non-hydrogen) atoms. The fourth-order valence-electron chi connectivity index (χ4n) is 1.70. The summed E-state index contributed by atoms with van der Waals surface area (Å²) in [7, 11) is 1.53. The van der Waals surface area contributed by atoms with Crippen molar-refractivity contribution in [2.45, 2.75) is 0 Å². The molecule has 0 radical (unpaired) electrons. The maximum atomic E-state index is 11.0. The maximum absolute atomic E-state index is 11.0. The van der Waals surface area contributed by atoms with Crippen molar-refractivity contribution >= 4 is 11.9 Å². The number of nitrogens with zero attached hydrogens (tertiary/aromatic N) is 1. The molecule has 0 unspecified atom stereocenters. The second-order valence-electron chi connectivity index (χ2n) is 3.97. The minimum atomic E-state index is -1.28. The first kappa shape index (κ1) is 13.5. The fraction of sp³-hybridized carbons (Fsp3) is 0.0714. The summed E-state index contributed by atoms with van der Waals surface area (Å²) in [4.78, 5) is 25.5. The van der Waals surface area contributed by atoms with Crippen LogP contribution in [0, 0.1) is 0 Å². The molecule has 0 fully saturated rings. The van der Waals surface area contributed by atoms with E-state index in [1.807, 2.05) is 0 Å². The Morgan fingerprint density at radius 3 is 1.85 bits per heavy atom. The van der Waals surface area contributed by atoms with E-state index in [1.54, 1.807) is 24.3 Å². The van der Waals surface area contributed by atoms with Crippen molar-refractivity contribution in [2.24, 2.45) is 0 Å². The normalized spacial score (nSPS) is 10.1. The van der Waals surface area contributed by atoms with E-state index in [1.165, 1.54) is 19.2 Å². The third-order valence-electron chi connectivity index (χ3n) is 2.69. The van der Waals surface area contributed by atoms with Gasteiger partial charge in [-0.3, -0.25) is 0 Å². The van der Waals surface area contributed by atoms with Crippen molar-refractivity contribution in [3.63, 3.8) is 0 Å². The van der Waals surface area contributed by atoms with Crippen LogP contribution in [0.25, 0.3) is 11.1 Å². The molecule has 6 heteroatoms. The standard InChI is InChI=1S/C14H11NO5/c1-20-10-4-2-8(3-5-10)9-6-11(13(16)17)15-12(7-9)14(18)19/h2-7H,1H3,(H,16,17)(H,18,19). The highest BCUT2D eigenvalue weighted by molar-refractivity contribution is 5.92. The zero-order valence-corrected chi connectivity index (χ0v) is 10.5. The molecule has 1 heterocycles. The first-order valence-corrected chi connectivity index (χ1v) is 5.64. The van der Waals surface area contributed by atoms with Crippen LogP contribution in [-0.2, 0) is 0 Å². The van der Waals surface area contributed by atoms with E-state index in [0.29, 0.717) is 16.9 Å². The summed E-state index contributed by atoms with van der Waals surface area (Å²) in [6, 6.07) is 9.50. The summed E-state index contributed by atoms with van der Waals surface area (Å²) >= 11 is 0. The highest BCUT2D eigenvalue weighted by atomic mass is 16.5.